The number of ether oxygens (including phenoxy) is 1. The summed E-state index contributed by atoms with van der Waals surface area (Å²) >= 11 is 0. The molecule has 1 rings (SSSR count). The standard InChI is InChI=1S/C11H17NO4/c1-7-4-10(8(2)16-7)11(14)12-9(5-13)6-15-3/h4,9,13H,5-6H2,1-3H3,(H,12,14). The van der Waals surface area contributed by atoms with E-state index in [1.165, 1.54) is 7.11 Å². The molecule has 0 spiro atoms. The van der Waals surface area contributed by atoms with Gasteiger partial charge in [0.2, 0.25) is 0 Å². The maximum absolute atomic E-state index is 11.8. The lowest BCUT2D eigenvalue weighted by molar-refractivity contribution is 0.0838. The Bertz CT molecular complexity index is 359. The number of aliphatic hydroxyl groups is 1. The van der Waals surface area contributed by atoms with Gasteiger partial charge in [-0.3, -0.25) is 4.79 Å². The Balaban J connectivity index is 2.67. The van der Waals surface area contributed by atoms with Crippen LogP contribution in [0.2, 0.25) is 0 Å². The van der Waals surface area contributed by atoms with Gasteiger partial charge in [-0.2, -0.15) is 0 Å². The van der Waals surface area contributed by atoms with Crippen LogP contribution in [0.3, 0.4) is 0 Å². The molecule has 5 heteroatoms. The molecule has 0 aliphatic rings. The molecule has 1 unspecified atom stereocenters. The summed E-state index contributed by atoms with van der Waals surface area (Å²) in [7, 11) is 1.52. The molecule has 0 aliphatic heterocycles. The predicted molar refractivity (Wildman–Crippen MR) is 58.4 cm³/mol. The van der Waals surface area contributed by atoms with Crippen molar-refractivity contribution in [3.8, 4) is 0 Å². The van der Waals surface area contributed by atoms with Gasteiger partial charge in [0.15, 0.2) is 0 Å². The number of methoxy groups -OCH3 is 1. The van der Waals surface area contributed by atoms with Crippen LogP contribution in [0.15, 0.2) is 10.5 Å². The zero-order chi connectivity index (χ0) is 12.1. The number of nitrogens with one attached hydrogen (secondary N) is 1. The third kappa shape index (κ3) is 3.08. The van der Waals surface area contributed by atoms with Gasteiger partial charge in [0, 0.05) is 7.11 Å². The molecular formula is C11H17NO4. The summed E-state index contributed by atoms with van der Waals surface area (Å²) in [5.74, 6) is 1.00. The molecule has 1 amide bonds. The van der Waals surface area contributed by atoms with Crippen LogP contribution in [-0.4, -0.2) is 37.4 Å². The number of carbonyl (C=O) groups is 1. The number of aliphatic hydroxyl groups excluding tert-OH is 1. The fraction of sp³-hybridized carbons (Fsp3) is 0.545. The van der Waals surface area contributed by atoms with Crippen molar-refractivity contribution in [2.24, 2.45) is 0 Å². The van der Waals surface area contributed by atoms with Crippen molar-refractivity contribution in [2.45, 2.75) is 19.9 Å². The molecule has 1 aromatic rings. The topological polar surface area (TPSA) is 71.7 Å². The second kappa shape index (κ2) is 5.67. The molecule has 0 saturated heterocycles. The quantitative estimate of drug-likeness (QED) is 0.774. The average molecular weight is 227 g/mol. The molecule has 0 saturated carbocycles. The van der Waals surface area contributed by atoms with E-state index in [2.05, 4.69) is 5.32 Å². The first kappa shape index (κ1) is 12.7. The lowest BCUT2D eigenvalue weighted by Gasteiger charge is -2.14. The van der Waals surface area contributed by atoms with Crippen molar-refractivity contribution < 1.29 is 19.1 Å². The summed E-state index contributed by atoms with van der Waals surface area (Å²) in [6, 6.07) is 1.28. The molecule has 0 aromatic carbocycles. The highest BCUT2D eigenvalue weighted by molar-refractivity contribution is 5.95. The zero-order valence-electron chi connectivity index (χ0n) is 9.74. The van der Waals surface area contributed by atoms with Gasteiger partial charge in [0.1, 0.15) is 11.5 Å². The molecule has 0 bridgehead atoms. The van der Waals surface area contributed by atoms with E-state index in [4.69, 9.17) is 14.3 Å². The Hall–Kier alpha value is -1.33. The SMILES string of the molecule is COCC(CO)NC(=O)c1cc(C)oc1C. The zero-order valence-corrected chi connectivity index (χ0v) is 9.74. The number of carbonyl (C=O) groups excluding carboxylic acids is 1. The molecule has 0 aliphatic carbocycles. The summed E-state index contributed by atoms with van der Waals surface area (Å²) in [5, 5.41) is 11.7. The van der Waals surface area contributed by atoms with Gasteiger partial charge in [-0.15, -0.1) is 0 Å². The molecule has 2 N–H and O–H groups in total. The smallest absolute Gasteiger partial charge is 0.255 e. The molecule has 90 valence electrons. The maximum Gasteiger partial charge on any atom is 0.255 e. The van der Waals surface area contributed by atoms with Crippen LogP contribution in [0.5, 0.6) is 0 Å². The van der Waals surface area contributed by atoms with Crippen LogP contribution in [0.25, 0.3) is 0 Å². The van der Waals surface area contributed by atoms with Gasteiger partial charge in [-0.25, -0.2) is 0 Å². The molecule has 0 radical (unpaired) electrons. The molecule has 1 heterocycles. The maximum atomic E-state index is 11.8. The fourth-order valence-corrected chi connectivity index (χ4v) is 1.46. The van der Waals surface area contributed by atoms with E-state index in [1.54, 1.807) is 19.9 Å². The van der Waals surface area contributed by atoms with Crippen LogP contribution in [0, 0.1) is 13.8 Å². The molecule has 5 nitrogen and oxygen atoms in total. The Morgan fingerprint density at radius 3 is 2.75 bits per heavy atom. The van der Waals surface area contributed by atoms with E-state index in [0.29, 0.717) is 17.1 Å². The summed E-state index contributed by atoms with van der Waals surface area (Å²) in [4.78, 5) is 11.8. The van der Waals surface area contributed by atoms with Crippen molar-refractivity contribution in [1.82, 2.24) is 5.32 Å². The number of aryl methyl sites for hydroxylation is 2. The third-order valence-electron chi connectivity index (χ3n) is 2.21. The van der Waals surface area contributed by atoms with Gasteiger partial charge < -0.3 is 19.6 Å². The van der Waals surface area contributed by atoms with Gasteiger partial charge in [0.05, 0.1) is 24.8 Å². The van der Waals surface area contributed by atoms with Crippen molar-refractivity contribution in [1.29, 1.82) is 0 Å². The second-order valence-electron chi connectivity index (χ2n) is 3.64. The monoisotopic (exact) mass is 227 g/mol. The van der Waals surface area contributed by atoms with Crippen LogP contribution < -0.4 is 5.32 Å². The Kier molecular flexibility index (Phi) is 4.52. The van der Waals surface area contributed by atoms with Gasteiger partial charge in [-0.05, 0) is 19.9 Å². The van der Waals surface area contributed by atoms with E-state index in [9.17, 15) is 4.79 Å². The first-order chi connectivity index (χ1) is 7.58. The Labute approximate surface area is 94.4 Å². The van der Waals surface area contributed by atoms with Crippen molar-refractivity contribution in [2.75, 3.05) is 20.3 Å². The van der Waals surface area contributed by atoms with Crippen LogP contribution in [0.4, 0.5) is 0 Å². The summed E-state index contributed by atoms with van der Waals surface area (Å²) in [6.45, 7) is 3.63. The highest BCUT2D eigenvalue weighted by Crippen LogP contribution is 2.13. The number of hydrogen-bond donors (Lipinski definition) is 2. The molecule has 1 aromatic heterocycles. The van der Waals surface area contributed by atoms with E-state index < -0.39 is 6.04 Å². The minimum Gasteiger partial charge on any atom is -0.466 e. The Morgan fingerprint density at radius 2 is 2.31 bits per heavy atom. The number of furan rings is 1. The lowest BCUT2D eigenvalue weighted by Crippen LogP contribution is -2.40. The molecule has 0 fully saturated rings. The van der Waals surface area contributed by atoms with Gasteiger partial charge >= 0.3 is 0 Å². The van der Waals surface area contributed by atoms with Crippen molar-refractivity contribution in [3.63, 3.8) is 0 Å². The highest BCUT2D eigenvalue weighted by Gasteiger charge is 2.17. The molecule has 16 heavy (non-hydrogen) atoms. The minimum atomic E-state index is -0.396. The number of amides is 1. The largest absolute Gasteiger partial charge is 0.466 e. The van der Waals surface area contributed by atoms with Gasteiger partial charge in [-0.1, -0.05) is 0 Å². The van der Waals surface area contributed by atoms with E-state index in [-0.39, 0.29) is 19.1 Å². The highest BCUT2D eigenvalue weighted by atomic mass is 16.5. The predicted octanol–water partition coefficient (Wildman–Crippen LogP) is 0.634. The van der Waals surface area contributed by atoms with Crippen LogP contribution >= 0.6 is 0 Å². The van der Waals surface area contributed by atoms with Crippen LogP contribution in [0.1, 0.15) is 21.9 Å². The minimum absolute atomic E-state index is 0.157. The number of rotatable bonds is 5. The fourth-order valence-electron chi connectivity index (χ4n) is 1.46. The Morgan fingerprint density at radius 1 is 1.62 bits per heavy atom. The molecular weight excluding hydrogens is 210 g/mol. The average Bonchev–Trinajstić information content (AvgIpc) is 2.57. The third-order valence-corrected chi connectivity index (χ3v) is 2.21. The number of hydrogen-bond acceptors (Lipinski definition) is 4. The first-order valence-electron chi connectivity index (χ1n) is 5.06. The van der Waals surface area contributed by atoms with E-state index in [1.807, 2.05) is 0 Å². The molecule has 1 atom stereocenters. The first-order valence-corrected chi connectivity index (χ1v) is 5.06. The van der Waals surface area contributed by atoms with Crippen LogP contribution in [-0.2, 0) is 4.74 Å². The van der Waals surface area contributed by atoms with E-state index in [0.717, 1.165) is 0 Å². The van der Waals surface area contributed by atoms with E-state index >= 15 is 0 Å². The van der Waals surface area contributed by atoms with Crippen molar-refractivity contribution >= 4 is 5.91 Å². The lowest BCUT2D eigenvalue weighted by atomic mass is 10.2. The summed E-state index contributed by atoms with van der Waals surface area (Å²) in [6.07, 6.45) is 0. The van der Waals surface area contributed by atoms with Crippen molar-refractivity contribution in [3.05, 3.63) is 23.2 Å². The summed E-state index contributed by atoms with van der Waals surface area (Å²) < 4.78 is 10.1. The van der Waals surface area contributed by atoms with Gasteiger partial charge in [0.25, 0.3) is 5.91 Å². The second-order valence-corrected chi connectivity index (χ2v) is 3.64. The summed E-state index contributed by atoms with van der Waals surface area (Å²) in [5.41, 5.74) is 0.493. The normalized spacial score (nSPS) is 12.5.